The van der Waals surface area contributed by atoms with Crippen LogP contribution in [0, 0.1) is 0 Å². The molecule has 0 radical (unpaired) electrons. The number of benzene rings is 8. The van der Waals surface area contributed by atoms with Crippen molar-refractivity contribution >= 4 is 54.9 Å². The van der Waals surface area contributed by atoms with E-state index >= 15 is 0 Å². The molecule has 214 valence electrons. The van der Waals surface area contributed by atoms with E-state index in [0.717, 1.165) is 22.6 Å². The molecular weight excluding hydrogens is 577 g/mol. The van der Waals surface area contributed by atoms with E-state index in [1.165, 1.54) is 75.1 Å². The molecule has 8 aromatic carbocycles. The highest BCUT2D eigenvalue weighted by molar-refractivity contribution is 7.99. The molecule has 0 unspecified atom stereocenters. The second-order valence-corrected chi connectivity index (χ2v) is 13.1. The standard InChI is InChI=1S/C44H26OS/c1-2-11-34-32(9-1)33-10-3-4-12-35(33)38-25-30(19-21-36(34)38)27-15-17-28(18-16-27)40-22-23-41(45-40)31-20-24-42-39(26-31)37-13-5-7-29-8-6-14-43(46-42)44(29)37/h1-26H. The van der Waals surface area contributed by atoms with E-state index in [0.29, 0.717) is 0 Å². The summed E-state index contributed by atoms with van der Waals surface area (Å²) in [6.07, 6.45) is 0. The predicted molar refractivity (Wildman–Crippen MR) is 195 cm³/mol. The van der Waals surface area contributed by atoms with Gasteiger partial charge in [0, 0.05) is 26.3 Å². The van der Waals surface area contributed by atoms with Crippen LogP contribution in [0.2, 0.25) is 0 Å². The fourth-order valence-corrected chi connectivity index (χ4v) is 8.41. The largest absolute Gasteiger partial charge is 0.456 e. The Morgan fingerprint density at radius 1 is 0.348 bits per heavy atom. The van der Waals surface area contributed by atoms with Gasteiger partial charge in [0.15, 0.2) is 0 Å². The first-order chi connectivity index (χ1) is 22.8. The van der Waals surface area contributed by atoms with E-state index in [1.54, 1.807) is 0 Å². The lowest BCUT2D eigenvalue weighted by molar-refractivity contribution is 0.597. The zero-order valence-electron chi connectivity index (χ0n) is 24.8. The van der Waals surface area contributed by atoms with Crippen molar-refractivity contribution in [3.8, 4) is 44.9 Å². The fraction of sp³-hybridized carbons (Fsp3) is 0. The van der Waals surface area contributed by atoms with Gasteiger partial charge in [-0.1, -0.05) is 133 Å². The molecule has 0 bridgehead atoms. The van der Waals surface area contributed by atoms with Crippen molar-refractivity contribution in [2.75, 3.05) is 0 Å². The normalized spacial score (nSPS) is 12.3. The molecule has 0 atom stereocenters. The van der Waals surface area contributed by atoms with Gasteiger partial charge in [-0.15, -0.1) is 0 Å². The highest BCUT2D eigenvalue weighted by Gasteiger charge is 2.20. The monoisotopic (exact) mass is 602 g/mol. The summed E-state index contributed by atoms with van der Waals surface area (Å²) < 4.78 is 6.47. The summed E-state index contributed by atoms with van der Waals surface area (Å²) in [4.78, 5) is 2.61. The summed E-state index contributed by atoms with van der Waals surface area (Å²) in [6, 6.07) is 57.1. The molecule has 2 heterocycles. The van der Waals surface area contributed by atoms with Crippen molar-refractivity contribution in [2.45, 2.75) is 9.79 Å². The molecule has 0 spiro atoms. The maximum atomic E-state index is 6.47. The van der Waals surface area contributed by atoms with E-state index in [9.17, 15) is 0 Å². The SMILES string of the molecule is c1cc2c3c(cccc3c1)-c1cc(-c3ccc(-c4ccc(-c5ccc6c7ccccc7c7ccccc7c6c5)cc4)o3)ccc1S2. The van der Waals surface area contributed by atoms with Crippen LogP contribution in [0.4, 0.5) is 0 Å². The third-order valence-electron chi connectivity index (χ3n) is 9.49. The lowest BCUT2D eigenvalue weighted by atomic mass is 9.92. The highest BCUT2D eigenvalue weighted by Crippen LogP contribution is 2.49. The molecule has 0 amide bonds. The number of hydrogen-bond donors (Lipinski definition) is 0. The lowest BCUT2D eigenvalue weighted by Crippen LogP contribution is -1.93. The number of rotatable bonds is 3. The average molecular weight is 603 g/mol. The molecule has 1 nitrogen and oxygen atoms in total. The summed E-state index contributed by atoms with van der Waals surface area (Å²) >= 11 is 1.85. The minimum absolute atomic E-state index is 0.872. The van der Waals surface area contributed by atoms with Gasteiger partial charge in [0.05, 0.1) is 0 Å². The average Bonchev–Trinajstić information content (AvgIpc) is 3.62. The number of fused-ring (bicyclic) bond motifs is 8. The van der Waals surface area contributed by atoms with Crippen molar-refractivity contribution in [1.82, 2.24) is 0 Å². The molecule has 1 aromatic heterocycles. The molecule has 0 saturated carbocycles. The van der Waals surface area contributed by atoms with Gasteiger partial charge in [0.1, 0.15) is 11.5 Å². The van der Waals surface area contributed by atoms with Gasteiger partial charge >= 0.3 is 0 Å². The summed E-state index contributed by atoms with van der Waals surface area (Å²) in [7, 11) is 0. The molecular formula is C44H26OS. The lowest BCUT2D eigenvalue weighted by Gasteiger charge is -2.20. The van der Waals surface area contributed by atoms with Crippen molar-refractivity contribution in [1.29, 1.82) is 0 Å². The van der Waals surface area contributed by atoms with Crippen LogP contribution in [0.5, 0.6) is 0 Å². The van der Waals surface area contributed by atoms with Gasteiger partial charge in [-0.2, -0.15) is 0 Å². The van der Waals surface area contributed by atoms with E-state index < -0.39 is 0 Å². The first-order valence-corrected chi connectivity index (χ1v) is 16.5. The molecule has 10 rings (SSSR count). The molecule has 0 fully saturated rings. The molecule has 9 aromatic rings. The Bertz CT molecular complexity index is 2620. The quantitative estimate of drug-likeness (QED) is 0.187. The minimum Gasteiger partial charge on any atom is -0.456 e. The maximum absolute atomic E-state index is 6.47. The Balaban J connectivity index is 0.995. The molecule has 1 aliphatic heterocycles. The maximum Gasteiger partial charge on any atom is 0.134 e. The molecule has 0 saturated heterocycles. The predicted octanol–water partition coefficient (Wildman–Crippen LogP) is 13.0. The summed E-state index contributed by atoms with van der Waals surface area (Å²) in [5.74, 6) is 1.75. The van der Waals surface area contributed by atoms with Crippen LogP contribution in [0.3, 0.4) is 0 Å². The van der Waals surface area contributed by atoms with Crippen LogP contribution in [0.15, 0.2) is 172 Å². The Hall–Kier alpha value is -5.57. The van der Waals surface area contributed by atoms with Crippen molar-refractivity contribution in [3.05, 3.63) is 158 Å². The van der Waals surface area contributed by atoms with E-state index in [1.807, 2.05) is 11.8 Å². The van der Waals surface area contributed by atoms with E-state index in [2.05, 4.69) is 158 Å². The molecule has 0 N–H and O–H groups in total. The van der Waals surface area contributed by atoms with Crippen LogP contribution in [-0.2, 0) is 0 Å². The topological polar surface area (TPSA) is 13.1 Å². The Morgan fingerprint density at radius 2 is 0.935 bits per heavy atom. The van der Waals surface area contributed by atoms with Crippen molar-refractivity contribution < 1.29 is 4.42 Å². The third-order valence-corrected chi connectivity index (χ3v) is 10.6. The molecule has 2 heteroatoms. The summed E-state index contributed by atoms with van der Waals surface area (Å²) in [6.45, 7) is 0. The first-order valence-electron chi connectivity index (χ1n) is 15.7. The Kier molecular flexibility index (Phi) is 5.58. The third kappa shape index (κ3) is 3.90. The minimum atomic E-state index is 0.872. The van der Waals surface area contributed by atoms with Crippen LogP contribution < -0.4 is 0 Å². The highest BCUT2D eigenvalue weighted by atomic mass is 32.2. The van der Waals surface area contributed by atoms with Gasteiger partial charge < -0.3 is 4.42 Å². The Morgan fingerprint density at radius 3 is 1.67 bits per heavy atom. The molecule has 46 heavy (non-hydrogen) atoms. The van der Waals surface area contributed by atoms with Gasteiger partial charge in [-0.3, -0.25) is 0 Å². The zero-order chi connectivity index (χ0) is 30.2. The van der Waals surface area contributed by atoms with Crippen LogP contribution in [-0.4, -0.2) is 0 Å². The van der Waals surface area contributed by atoms with Gasteiger partial charge in [0.2, 0.25) is 0 Å². The second kappa shape index (κ2) is 9.97. The van der Waals surface area contributed by atoms with Gasteiger partial charge in [-0.25, -0.2) is 0 Å². The van der Waals surface area contributed by atoms with E-state index in [4.69, 9.17) is 4.42 Å². The van der Waals surface area contributed by atoms with Crippen LogP contribution in [0.1, 0.15) is 0 Å². The summed E-state index contributed by atoms with van der Waals surface area (Å²) in [5, 5.41) is 10.4. The van der Waals surface area contributed by atoms with Gasteiger partial charge in [0.25, 0.3) is 0 Å². The first kappa shape index (κ1) is 25.7. The van der Waals surface area contributed by atoms with Crippen molar-refractivity contribution in [2.24, 2.45) is 0 Å². The van der Waals surface area contributed by atoms with Crippen LogP contribution in [0.25, 0.3) is 88.0 Å². The van der Waals surface area contributed by atoms with Crippen LogP contribution >= 0.6 is 11.8 Å². The zero-order valence-corrected chi connectivity index (χ0v) is 25.6. The molecule has 0 aliphatic carbocycles. The Labute approximate surface area is 270 Å². The van der Waals surface area contributed by atoms with Gasteiger partial charge in [-0.05, 0) is 96.4 Å². The number of furan rings is 1. The fourth-order valence-electron chi connectivity index (χ4n) is 7.28. The second-order valence-electron chi connectivity index (χ2n) is 12.1. The van der Waals surface area contributed by atoms with Crippen molar-refractivity contribution in [3.63, 3.8) is 0 Å². The number of hydrogen-bond acceptors (Lipinski definition) is 2. The van der Waals surface area contributed by atoms with E-state index in [-0.39, 0.29) is 0 Å². The smallest absolute Gasteiger partial charge is 0.134 e. The molecule has 1 aliphatic rings. The summed E-state index contributed by atoms with van der Waals surface area (Å²) in [5.41, 5.74) is 7.12.